The summed E-state index contributed by atoms with van der Waals surface area (Å²) in [6.45, 7) is 3.99. The van der Waals surface area contributed by atoms with Crippen LogP contribution in [0.25, 0.3) is 0 Å². The minimum Gasteiger partial charge on any atom is -0.477 e. The van der Waals surface area contributed by atoms with Crippen molar-refractivity contribution >= 4 is 17.6 Å². The third-order valence-corrected chi connectivity index (χ3v) is 2.73. The summed E-state index contributed by atoms with van der Waals surface area (Å²) in [6, 6.07) is 7.19. The molecule has 92 valence electrons. The fourth-order valence-electron chi connectivity index (χ4n) is 1.54. The van der Waals surface area contributed by atoms with Crippen LogP contribution < -0.4 is 5.32 Å². The van der Waals surface area contributed by atoms with E-state index in [0.29, 0.717) is 0 Å². The van der Waals surface area contributed by atoms with E-state index in [2.05, 4.69) is 15.3 Å². The Morgan fingerprint density at radius 2 is 2.06 bits per heavy atom. The molecule has 0 saturated heterocycles. The van der Waals surface area contributed by atoms with Gasteiger partial charge in [0.1, 0.15) is 0 Å². The number of carboxylic acid groups (broad SMARTS) is 1. The third kappa shape index (κ3) is 2.45. The molecule has 0 aliphatic heterocycles. The number of rotatable bonds is 3. The van der Waals surface area contributed by atoms with Gasteiger partial charge in [0.15, 0.2) is 5.69 Å². The molecular formula is C13H13N3O2. The zero-order chi connectivity index (χ0) is 13.1. The molecule has 18 heavy (non-hydrogen) atoms. The van der Waals surface area contributed by atoms with E-state index >= 15 is 0 Å². The van der Waals surface area contributed by atoms with E-state index in [0.717, 1.165) is 16.8 Å². The molecule has 0 aliphatic carbocycles. The summed E-state index contributed by atoms with van der Waals surface area (Å²) in [7, 11) is 0. The van der Waals surface area contributed by atoms with Gasteiger partial charge < -0.3 is 10.4 Å². The number of nitrogens with zero attached hydrogens (tertiary/aromatic N) is 2. The largest absolute Gasteiger partial charge is 0.477 e. The second-order valence-corrected chi connectivity index (χ2v) is 3.94. The SMILES string of the molecule is Cc1cccc(Nc2nccc(C(=O)O)n2)c1C. The molecule has 0 unspecified atom stereocenters. The minimum atomic E-state index is -1.07. The average molecular weight is 243 g/mol. The molecule has 1 aromatic heterocycles. The van der Waals surface area contributed by atoms with Crippen molar-refractivity contribution in [2.45, 2.75) is 13.8 Å². The predicted molar refractivity (Wildman–Crippen MR) is 68.2 cm³/mol. The molecule has 2 aromatic rings. The summed E-state index contributed by atoms with van der Waals surface area (Å²) in [6.07, 6.45) is 1.42. The molecule has 0 atom stereocenters. The van der Waals surface area contributed by atoms with Crippen LogP contribution in [0.1, 0.15) is 21.6 Å². The fourth-order valence-corrected chi connectivity index (χ4v) is 1.54. The van der Waals surface area contributed by atoms with Crippen LogP contribution >= 0.6 is 0 Å². The Bertz CT molecular complexity index is 597. The number of aromatic nitrogens is 2. The number of aryl methyl sites for hydroxylation is 1. The van der Waals surface area contributed by atoms with E-state index in [4.69, 9.17) is 5.11 Å². The van der Waals surface area contributed by atoms with Crippen LogP contribution in [0.15, 0.2) is 30.5 Å². The average Bonchev–Trinajstić information content (AvgIpc) is 2.35. The Morgan fingerprint density at radius 1 is 1.28 bits per heavy atom. The highest BCUT2D eigenvalue weighted by Gasteiger charge is 2.07. The monoisotopic (exact) mass is 243 g/mol. The number of carboxylic acids is 1. The molecular weight excluding hydrogens is 230 g/mol. The van der Waals surface area contributed by atoms with Gasteiger partial charge in [0.05, 0.1) is 0 Å². The lowest BCUT2D eigenvalue weighted by Gasteiger charge is -2.10. The number of anilines is 2. The number of hydrogen-bond acceptors (Lipinski definition) is 4. The van der Waals surface area contributed by atoms with E-state index in [-0.39, 0.29) is 11.6 Å². The van der Waals surface area contributed by atoms with E-state index in [1.54, 1.807) is 0 Å². The van der Waals surface area contributed by atoms with Crippen molar-refractivity contribution in [3.63, 3.8) is 0 Å². The maximum Gasteiger partial charge on any atom is 0.354 e. The highest BCUT2D eigenvalue weighted by atomic mass is 16.4. The maximum absolute atomic E-state index is 10.8. The van der Waals surface area contributed by atoms with E-state index in [1.165, 1.54) is 12.3 Å². The highest BCUT2D eigenvalue weighted by molar-refractivity contribution is 5.85. The smallest absolute Gasteiger partial charge is 0.354 e. The number of carbonyl (C=O) groups is 1. The first-order valence-corrected chi connectivity index (χ1v) is 5.47. The highest BCUT2D eigenvalue weighted by Crippen LogP contribution is 2.20. The molecule has 1 aromatic carbocycles. The molecule has 5 heteroatoms. The standard InChI is InChI=1S/C13H13N3O2/c1-8-4-3-5-10(9(8)2)15-13-14-7-6-11(16-13)12(17)18/h3-7H,1-2H3,(H,17,18)(H,14,15,16). The Balaban J connectivity index is 2.31. The van der Waals surface area contributed by atoms with Crippen molar-refractivity contribution in [3.8, 4) is 0 Å². The zero-order valence-electron chi connectivity index (χ0n) is 10.1. The van der Waals surface area contributed by atoms with Crippen LogP contribution in [0.3, 0.4) is 0 Å². The maximum atomic E-state index is 10.8. The number of aromatic carboxylic acids is 1. The van der Waals surface area contributed by atoms with Crippen LogP contribution in [0.2, 0.25) is 0 Å². The Hall–Kier alpha value is -2.43. The number of nitrogens with one attached hydrogen (secondary N) is 1. The van der Waals surface area contributed by atoms with Crippen LogP contribution in [-0.4, -0.2) is 21.0 Å². The molecule has 2 N–H and O–H groups in total. The summed E-state index contributed by atoms with van der Waals surface area (Å²) in [5.41, 5.74) is 3.08. The van der Waals surface area contributed by atoms with E-state index in [9.17, 15) is 4.79 Å². The quantitative estimate of drug-likeness (QED) is 0.866. The second kappa shape index (κ2) is 4.83. The molecule has 5 nitrogen and oxygen atoms in total. The number of benzene rings is 1. The fraction of sp³-hybridized carbons (Fsp3) is 0.154. The molecule has 0 saturated carbocycles. The summed E-state index contributed by atoms with van der Waals surface area (Å²) < 4.78 is 0. The van der Waals surface area contributed by atoms with Gasteiger partial charge in [-0.1, -0.05) is 12.1 Å². The molecule has 0 amide bonds. The zero-order valence-corrected chi connectivity index (χ0v) is 10.1. The first-order chi connectivity index (χ1) is 8.58. The van der Waals surface area contributed by atoms with Gasteiger partial charge in [-0.3, -0.25) is 0 Å². The van der Waals surface area contributed by atoms with Crippen molar-refractivity contribution in [1.29, 1.82) is 0 Å². The van der Waals surface area contributed by atoms with Gasteiger partial charge in [-0.2, -0.15) is 0 Å². The summed E-state index contributed by atoms with van der Waals surface area (Å²) in [5, 5.41) is 11.9. The lowest BCUT2D eigenvalue weighted by Crippen LogP contribution is -2.05. The molecule has 0 radical (unpaired) electrons. The molecule has 0 spiro atoms. The van der Waals surface area contributed by atoms with Crippen molar-refractivity contribution in [2.75, 3.05) is 5.32 Å². The van der Waals surface area contributed by atoms with E-state index in [1.807, 2.05) is 32.0 Å². The van der Waals surface area contributed by atoms with Gasteiger partial charge in [-0.05, 0) is 37.1 Å². The number of hydrogen-bond donors (Lipinski definition) is 2. The van der Waals surface area contributed by atoms with Crippen LogP contribution in [0, 0.1) is 13.8 Å². The molecule has 1 heterocycles. The first-order valence-electron chi connectivity index (χ1n) is 5.47. The molecule has 0 aliphatic rings. The Kier molecular flexibility index (Phi) is 3.23. The molecule has 0 fully saturated rings. The predicted octanol–water partition coefficient (Wildman–Crippen LogP) is 2.54. The van der Waals surface area contributed by atoms with Gasteiger partial charge >= 0.3 is 5.97 Å². The Labute approximate surface area is 105 Å². The van der Waals surface area contributed by atoms with Crippen LogP contribution in [0.5, 0.6) is 0 Å². The topological polar surface area (TPSA) is 75.1 Å². The van der Waals surface area contributed by atoms with Crippen molar-refractivity contribution in [1.82, 2.24) is 9.97 Å². The third-order valence-electron chi connectivity index (χ3n) is 2.73. The second-order valence-electron chi connectivity index (χ2n) is 3.94. The Morgan fingerprint density at radius 3 is 2.78 bits per heavy atom. The summed E-state index contributed by atoms with van der Waals surface area (Å²) in [4.78, 5) is 18.7. The first kappa shape index (κ1) is 12.0. The summed E-state index contributed by atoms with van der Waals surface area (Å²) in [5.74, 6) is -0.787. The summed E-state index contributed by atoms with van der Waals surface area (Å²) >= 11 is 0. The molecule has 2 rings (SSSR count). The van der Waals surface area contributed by atoms with Crippen molar-refractivity contribution in [3.05, 3.63) is 47.3 Å². The van der Waals surface area contributed by atoms with Gasteiger partial charge in [0, 0.05) is 11.9 Å². The van der Waals surface area contributed by atoms with Crippen LogP contribution in [-0.2, 0) is 0 Å². The van der Waals surface area contributed by atoms with Crippen molar-refractivity contribution < 1.29 is 9.90 Å². The van der Waals surface area contributed by atoms with Gasteiger partial charge in [-0.25, -0.2) is 14.8 Å². The van der Waals surface area contributed by atoms with Gasteiger partial charge in [0.2, 0.25) is 5.95 Å². The lowest BCUT2D eigenvalue weighted by molar-refractivity contribution is 0.0690. The van der Waals surface area contributed by atoms with Gasteiger partial charge in [0.25, 0.3) is 0 Å². The van der Waals surface area contributed by atoms with E-state index < -0.39 is 5.97 Å². The minimum absolute atomic E-state index is 0.0298. The molecule has 0 bridgehead atoms. The van der Waals surface area contributed by atoms with Gasteiger partial charge in [-0.15, -0.1) is 0 Å². The van der Waals surface area contributed by atoms with Crippen molar-refractivity contribution in [2.24, 2.45) is 0 Å². The van der Waals surface area contributed by atoms with Crippen LogP contribution in [0.4, 0.5) is 11.6 Å². The normalized spacial score (nSPS) is 10.1. The lowest BCUT2D eigenvalue weighted by atomic mass is 10.1.